The highest BCUT2D eigenvalue weighted by Gasteiger charge is 2.49. The SMILES string of the molecule is COc1ccc(C)cc1NC(=O)CN1CC[C@@]2(CCCN2Cc2ccccc2)[C@@H](O)C1. The van der Waals surface area contributed by atoms with Crippen molar-refractivity contribution in [2.45, 2.75) is 44.4 Å². The molecule has 2 N–H and O–H groups in total. The van der Waals surface area contributed by atoms with Gasteiger partial charge in [-0.3, -0.25) is 14.6 Å². The highest BCUT2D eigenvalue weighted by molar-refractivity contribution is 5.93. The number of methoxy groups -OCH3 is 1. The number of aliphatic hydroxyl groups excluding tert-OH is 1. The van der Waals surface area contributed by atoms with Crippen LogP contribution in [0, 0.1) is 6.92 Å². The van der Waals surface area contributed by atoms with Crippen LogP contribution in [0.4, 0.5) is 5.69 Å². The first-order valence-corrected chi connectivity index (χ1v) is 11.1. The van der Waals surface area contributed by atoms with Crippen molar-refractivity contribution in [3.63, 3.8) is 0 Å². The highest BCUT2D eigenvalue weighted by atomic mass is 16.5. The molecule has 2 aromatic carbocycles. The van der Waals surface area contributed by atoms with Gasteiger partial charge in [0.25, 0.3) is 0 Å². The third-order valence-corrected chi connectivity index (χ3v) is 6.79. The molecule has 6 heteroatoms. The van der Waals surface area contributed by atoms with Gasteiger partial charge in [-0.1, -0.05) is 36.4 Å². The van der Waals surface area contributed by atoms with Gasteiger partial charge in [0.15, 0.2) is 0 Å². The molecule has 1 spiro atoms. The van der Waals surface area contributed by atoms with Gasteiger partial charge in [0.1, 0.15) is 5.75 Å². The van der Waals surface area contributed by atoms with Crippen molar-refractivity contribution in [2.24, 2.45) is 0 Å². The van der Waals surface area contributed by atoms with Crippen LogP contribution in [0.2, 0.25) is 0 Å². The third kappa shape index (κ3) is 4.76. The number of benzene rings is 2. The molecule has 2 aromatic rings. The van der Waals surface area contributed by atoms with E-state index >= 15 is 0 Å². The summed E-state index contributed by atoms with van der Waals surface area (Å²) in [4.78, 5) is 17.2. The fraction of sp³-hybridized carbons (Fsp3) is 0.480. The van der Waals surface area contributed by atoms with Crippen molar-refractivity contribution in [1.82, 2.24) is 9.80 Å². The highest BCUT2D eigenvalue weighted by Crippen LogP contribution is 2.39. The molecule has 166 valence electrons. The van der Waals surface area contributed by atoms with E-state index in [-0.39, 0.29) is 18.0 Å². The second-order valence-corrected chi connectivity index (χ2v) is 8.87. The van der Waals surface area contributed by atoms with Crippen molar-refractivity contribution < 1.29 is 14.6 Å². The summed E-state index contributed by atoms with van der Waals surface area (Å²) < 4.78 is 5.36. The van der Waals surface area contributed by atoms with Crippen molar-refractivity contribution in [3.8, 4) is 5.75 Å². The number of β-amino-alcohol motifs (C(OH)–C–C–N with tert-alkyl or cyclic N) is 1. The number of carbonyl (C=O) groups is 1. The Kier molecular flexibility index (Phi) is 6.60. The topological polar surface area (TPSA) is 65.0 Å². The first-order valence-electron chi connectivity index (χ1n) is 11.1. The van der Waals surface area contributed by atoms with Crippen LogP contribution in [0.15, 0.2) is 48.5 Å². The molecule has 0 aromatic heterocycles. The average molecular weight is 424 g/mol. The van der Waals surface area contributed by atoms with E-state index in [9.17, 15) is 9.90 Å². The normalized spacial score (nSPS) is 24.4. The second kappa shape index (κ2) is 9.39. The minimum absolute atomic E-state index is 0.0837. The Morgan fingerprint density at radius 1 is 1.19 bits per heavy atom. The summed E-state index contributed by atoms with van der Waals surface area (Å²) in [7, 11) is 1.60. The molecule has 4 rings (SSSR count). The summed E-state index contributed by atoms with van der Waals surface area (Å²) >= 11 is 0. The number of hydrogen-bond acceptors (Lipinski definition) is 5. The Balaban J connectivity index is 1.37. The van der Waals surface area contributed by atoms with Crippen LogP contribution >= 0.6 is 0 Å². The maximum absolute atomic E-state index is 12.7. The van der Waals surface area contributed by atoms with Gasteiger partial charge in [-0.05, 0) is 56.0 Å². The number of likely N-dealkylation sites (tertiary alicyclic amines) is 2. The van der Waals surface area contributed by atoms with Gasteiger partial charge in [0, 0.05) is 25.2 Å². The average Bonchev–Trinajstić information content (AvgIpc) is 3.15. The molecule has 2 fully saturated rings. The van der Waals surface area contributed by atoms with Crippen LogP contribution in [-0.4, -0.2) is 65.7 Å². The number of amides is 1. The van der Waals surface area contributed by atoms with E-state index < -0.39 is 6.10 Å². The van der Waals surface area contributed by atoms with E-state index in [2.05, 4.69) is 39.4 Å². The number of aliphatic hydroxyl groups is 1. The van der Waals surface area contributed by atoms with E-state index in [1.807, 2.05) is 31.2 Å². The molecule has 31 heavy (non-hydrogen) atoms. The Morgan fingerprint density at radius 2 is 2.00 bits per heavy atom. The number of hydrogen-bond donors (Lipinski definition) is 2. The van der Waals surface area contributed by atoms with E-state index in [0.717, 1.165) is 44.5 Å². The zero-order valence-corrected chi connectivity index (χ0v) is 18.5. The molecule has 6 nitrogen and oxygen atoms in total. The Bertz CT molecular complexity index is 904. The van der Waals surface area contributed by atoms with Crippen LogP contribution < -0.4 is 10.1 Å². The molecular formula is C25H33N3O3. The lowest BCUT2D eigenvalue weighted by atomic mass is 9.82. The number of ether oxygens (including phenoxy) is 1. The quantitative estimate of drug-likeness (QED) is 0.748. The van der Waals surface area contributed by atoms with Crippen LogP contribution in [0.3, 0.4) is 0 Å². The summed E-state index contributed by atoms with van der Waals surface area (Å²) in [5.74, 6) is 0.568. The molecule has 0 unspecified atom stereocenters. The summed E-state index contributed by atoms with van der Waals surface area (Å²) in [5, 5.41) is 14.1. The number of carbonyl (C=O) groups excluding carboxylic acids is 1. The monoisotopic (exact) mass is 423 g/mol. The molecule has 2 saturated heterocycles. The van der Waals surface area contributed by atoms with Crippen molar-refractivity contribution in [2.75, 3.05) is 38.6 Å². The van der Waals surface area contributed by atoms with Crippen molar-refractivity contribution in [1.29, 1.82) is 0 Å². The van der Waals surface area contributed by atoms with Crippen molar-refractivity contribution >= 4 is 11.6 Å². The van der Waals surface area contributed by atoms with E-state index in [1.54, 1.807) is 7.11 Å². The predicted molar refractivity (Wildman–Crippen MR) is 122 cm³/mol. The molecule has 2 atom stereocenters. The Morgan fingerprint density at radius 3 is 2.74 bits per heavy atom. The second-order valence-electron chi connectivity index (χ2n) is 8.87. The van der Waals surface area contributed by atoms with Crippen LogP contribution in [0.25, 0.3) is 0 Å². The summed E-state index contributed by atoms with van der Waals surface area (Å²) in [6.45, 7) is 5.46. The number of nitrogens with zero attached hydrogens (tertiary/aromatic N) is 2. The molecule has 0 saturated carbocycles. The maximum Gasteiger partial charge on any atom is 0.238 e. The van der Waals surface area contributed by atoms with Gasteiger partial charge < -0.3 is 15.2 Å². The fourth-order valence-electron chi connectivity index (χ4n) is 5.14. The van der Waals surface area contributed by atoms with Gasteiger partial charge in [0.2, 0.25) is 5.91 Å². The lowest BCUT2D eigenvalue weighted by Gasteiger charge is -2.48. The van der Waals surface area contributed by atoms with Gasteiger partial charge in [-0.25, -0.2) is 0 Å². The van der Waals surface area contributed by atoms with Crippen LogP contribution in [-0.2, 0) is 11.3 Å². The number of piperidine rings is 1. The summed E-state index contributed by atoms with van der Waals surface area (Å²) in [5.41, 5.74) is 2.85. The van der Waals surface area contributed by atoms with Crippen LogP contribution in [0.1, 0.15) is 30.4 Å². The molecule has 0 radical (unpaired) electrons. The lowest BCUT2D eigenvalue weighted by molar-refractivity contribution is -0.120. The zero-order chi connectivity index (χ0) is 21.8. The van der Waals surface area contributed by atoms with Crippen molar-refractivity contribution in [3.05, 3.63) is 59.7 Å². The standard InChI is InChI=1S/C25H33N3O3/c1-19-9-10-22(31-2)21(15-19)26-24(30)18-27-14-12-25(23(29)17-27)11-6-13-28(25)16-20-7-4-3-5-8-20/h3-5,7-10,15,23,29H,6,11-14,16-18H2,1-2H3,(H,26,30)/t23-,25-/m0/s1. The van der Waals surface area contributed by atoms with Gasteiger partial charge in [-0.2, -0.15) is 0 Å². The largest absolute Gasteiger partial charge is 0.495 e. The maximum atomic E-state index is 12.7. The van der Waals surface area contributed by atoms with E-state index in [4.69, 9.17) is 4.74 Å². The predicted octanol–water partition coefficient (Wildman–Crippen LogP) is 3.04. The first-order chi connectivity index (χ1) is 15.0. The first kappa shape index (κ1) is 21.8. The molecule has 2 heterocycles. The smallest absolute Gasteiger partial charge is 0.238 e. The minimum atomic E-state index is -0.464. The Labute approximate surface area is 184 Å². The number of nitrogens with one attached hydrogen (secondary N) is 1. The van der Waals surface area contributed by atoms with Gasteiger partial charge >= 0.3 is 0 Å². The molecule has 0 aliphatic carbocycles. The molecular weight excluding hydrogens is 390 g/mol. The summed E-state index contributed by atoms with van der Waals surface area (Å²) in [6.07, 6.45) is 2.54. The lowest BCUT2D eigenvalue weighted by Crippen LogP contribution is -2.61. The minimum Gasteiger partial charge on any atom is -0.495 e. The Hall–Kier alpha value is -2.41. The van der Waals surface area contributed by atoms with Gasteiger partial charge in [0.05, 0.1) is 25.4 Å². The third-order valence-electron chi connectivity index (χ3n) is 6.79. The van der Waals surface area contributed by atoms with E-state index in [0.29, 0.717) is 18.0 Å². The zero-order valence-electron chi connectivity index (χ0n) is 18.5. The van der Waals surface area contributed by atoms with Crippen LogP contribution in [0.5, 0.6) is 5.75 Å². The molecule has 1 amide bonds. The number of rotatable bonds is 6. The fourth-order valence-corrected chi connectivity index (χ4v) is 5.14. The van der Waals surface area contributed by atoms with Gasteiger partial charge in [-0.15, -0.1) is 0 Å². The number of aryl methyl sites for hydroxylation is 1. The molecule has 0 bridgehead atoms. The van der Waals surface area contributed by atoms with E-state index in [1.165, 1.54) is 5.56 Å². The summed E-state index contributed by atoms with van der Waals surface area (Å²) in [6, 6.07) is 16.2. The number of anilines is 1. The molecule has 2 aliphatic heterocycles. The molecule has 2 aliphatic rings.